The molecule has 0 fully saturated rings. The number of carbonyl (C=O) groups is 1. The van der Waals surface area contributed by atoms with Gasteiger partial charge >= 0.3 is 6.03 Å². The Hall–Kier alpha value is -2.15. The van der Waals surface area contributed by atoms with Gasteiger partial charge in [0, 0.05) is 25.5 Å². The van der Waals surface area contributed by atoms with E-state index in [0.717, 1.165) is 11.4 Å². The number of benzene rings is 1. The Morgan fingerprint density at radius 1 is 1.38 bits per heavy atom. The fourth-order valence-electron chi connectivity index (χ4n) is 1.15. The molecule has 4 heteroatoms. The summed E-state index contributed by atoms with van der Waals surface area (Å²) in [5.74, 6) is 2.33. The molecule has 0 saturated heterocycles. The second-order valence-corrected chi connectivity index (χ2v) is 3.45. The molecule has 2 amide bonds. The molecule has 0 radical (unpaired) electrons. The lowest BCUT2D eigenvalue weighted by Gasteiger charge is -2.13. The van der Waals surface area contributed by atoms with Gasteiger partial charge in [0.25, 0.3) is 0 Å². The molecule has 84 valence electrons. The van der Waals surface area contributed by atoms with Crippen molar-refractivity contribution in [3.63, 3.8) is 0 Å². The zero-order chi connectivity index (χ0) is 12.0. The van der Waals surface area contributed by atoms with Crippen LogP contribution in [0.2, 0.25) is 0 Å². The molecular formula is C12H15N3O. The summed E-state index contributed by atoms with van der Waals surface area (Å²) in [5.41, 5.74) is 1.81. The molecule has 0 spiro atoms. The number of anilines is 2. The molecule has 0 aliphatic heterocycles. The van der Waals surface area contributed by atoms with Gasteiger partial charge in [0.05, 0.1) is 6.54 Å². The van der Waals surface area contributed by atoms with Crippen LogP contribution in [0.15, 0.2) is 24.3 Å². The van der Waals surface area contributed by atoms with Crippen LogP contribution in [0.5, 0.6) is 0 Å². The van der Waals surface area contributed by atoms with Crippen molar-refractivity contribution >= 4 is 17.4 Å². The summed E-state index contributed by atoms with van der Waals surface area (Å²) in [6, 6.07) is 7.24. The molecule has 1 aromatic carbocycles. The molecule has 0 unspecified atom stereocenters. The average Bonchev–Trinajstić information content (AvgIpc) is 2.27. The lowest BCUT2D eigenvalue weighted by molar-refractivity contribution is 0.253. The van der Waals surface area contributed by atoms with E-state index in [1.807, 2.05) is 43.3 Å². The van der Waals surface area contributed by atoms with E-state index in [1.54, 1.807) is 0 Å². The van der Waals surface area contributed by atoms with E-state index in [0.29, 0.717) is 0 Å². The molecule has 0 heterocycles. The van der Waals surface area contributed by atoms with Crippen molar-refractivity contribution < 1.29 is 4.79 Å². The van der Waals surface area contributed by atoms with Gasteiger partial charge in [-0.25, -0.2) is 4.79 Å². The van der Waals surface area contributed by atoms with Crippen molar-refractivity contribution in [2.24, 2.45) is 0 Å². The van der Waals surface area contributed by atoms with Crippen LogP contribution in [-0.2, 0) is 0 Å². The minimum atomic E-state index is -0.296. The van der Waals surface area contributed by atoms with E-state index in [4.69, 9.17) is 6.42 Å². The van der Waals surface area contributed by atoms with E-state index in [2.05, 4.69) is 16.6 Å². The summed E-state index contributed by atoms with van der Waals surface area (Å²) in [6.45, 7) is 0.224. The fourth-order valence-corrected chi connectivity index (χ4v) is 1.15. The maximum atomic E-state index is 11.3. The van der Waals surface area contributed by atoms with Crippen LogP contribution in [0.25, 0.3) is 0 Å². The Bertz CT molecular complexity index is 390. The first-order chi connectivity index (χ1) is 7.63. The topological polar surface area (TPSA) is 44.4 Å². The monoisotopic (exact) mass is 217 g/mol. The number of hydrogen-bond donors (Lipinski definition) is 2. The maximum Gasteiger partial charge on any atom is 0.319 e. The molecule has 2 N–H and O–H groups in total. The molecule has 4 nitrogen and oxygen atoms in total. The molecule has 0 aliphatic rings. The average molecular weight is 217 g/mol. The summed E-state index contributed by atoms with van der Waals surface area (Å²) in [6.07, 6.45) is 5.03. The van der Waals surface area contributed by atoms with Crippen molar-refractivity contribution in [1.29, 1.82) is 0 Å². The molecular weight excluding hydrogens is 202 g/mol. The number of nitrogens with one attached hydrogen (secondary N) is 2. The number of hydrogen-bond acceptors (Lipinski definition) is 2. The molecule has 0 atom stereocenters. The van der Waals surface area contributed by atoms with Crippen LogP contribution in [0.3, 0.4) is 0 Å². The Labute approximate surface area is 95.6 Å². The summed E-state index contributed by atoms with van der Waals surface area (Å²) >= 11 is 0. The number of urea groups is 1. The lowest BCUT2D eigenvalue weighted by Crippen LogP contribution is -2.28. The summed E-state index contributed by atoms with van der Waals surface area (Å²) < 4.78 is 0. The zero-order valence-electron chi connectivity index (χ0n) is 9.45. The second-order valence-electron chi connectivity index (χ2n) is 3.45. The number of amides is 2. The van der Waals surface area contributed by atoms with E-state index in [9.17, 15) is 4.79 Å². The third kappa shape index (κ3) is 3.54. The van der Waals surface area contributed by atoms with Crippen molar-refractivity contribution in [3.8, 4) is 12.3 Å². The van der Waals surface area contributed by atoms with Gasteiger partial charge in [-0.15, -0.1) is 6.42 Å². The van der Waals surface area contributed by atoms with Crippen molar-refractivity contribution in [2.45, 2.75) is 0 Å². The van der Waals surface area contributed by atoms with Crippen molar-refractivity contribution in [2.75, 3.05) is 30.9 Å². The first-order valence-corrected chi connectivity index (χ1v) is 4.89. The van der Waals surface area contributed by atoms with E-state index in [-0.39, 0.29) is 12.6 Å². The van der Waals surface area contributed by atoms with E-state index < -0.39 is 0 Å². The Kier molecular flexibility index (Phi) is 4.22. The van der Waals surface area contributed by atoms with Crippen LogP contribution in [-0.4, -0.2) is 26.7 Å². The minimum absolute atomic E-state index is 0.224. The van der Waals surface area contributed by atoms with Gasteiger partial charge in [-0.3, -0.25) is 0 Å². The van der Waals surface area contributed by atoms with Gasteiger partial charge in [0.1, 0.15) is 0 Å². The van der Waals surface area contributed by atoms with Gasteiger partial charge in [-0.2, -0.15) is 0 Å². The van der Waals surface area contributed by atoms with Gasteiger partial charge in [0.15, 0.2) is 0 Å². The van der Waals surface area contributed by atoms with Crippen molar-refractivity contribution in [3.05, 3.63) is 24.3 Å². The summed E-state index contributed by atoms with van der Waals surface area (Å²) in [5, 5.41) is 5.20. The molecule has 1 rings (SSSR count). The SMILES string of the molecule is C#CCNC(=O)Nc1ccc(N(C)C)cc1. The predicted molar refractivity (Wildman–Crippen MR) is 66.6 cm³/mol. The summed E-state index contributed by atoms with van der Waals surface area (Å²) in [7, 11) is 3.92. The smallest absolute Gasteiger partial charge is 0.319 e. The molecule has 0 saturated carbocycles. The van der Waals surface area contributed by atoms with Gasteiger partial charge in [0.2, 0.25) is 0 Å². The van der Waals surface area contributed by atoms with Crippen LogP contribution < -0.4 is 15.5 Å². The quantitative estimate of drug-likeness (QED) is 0.754. The van der Waals surface area contributed by atoms with Gasteiger partial charge in [-0.1, -0.05) is 5.92 Å². The third-order valence-electron chi connectivity index (χ3n) is 1.99. The van der Waals surface area contributed by atoms with Crippen LogP contribution in [0, 0.1) is 12.3 Å². The molecule has 0 aromatic heterocycles. The number of terminal acetylenes is 1. The Morgan fingerprint density at radius 3 is 2.50 bits per heavy atom. The number of carbonyl (C=O) groups excluding carboxylic acids is 1. The number of nitrogens with zero attached hydrogens (tertiary/aromatic N) is 1. The van der Waals surface area contributed by atoms with Gasteiger partial charge in [-0.05, 0) is 24.3 Å². The van der Waals surface area contributed by atoms with Gasteiger partial charge < -0.3 is 15.5 Å². The van der Waals surface area contributed by atoms with Crippen LogP contribution in [0.4, 0.5) is 16.2 Å². The van der Waals surface area contributed by atoms with Crippen molar-refractivity contribution in [1.82, 2.24) is 5.32 Å². The largest absolute Gasteiger partial charge is 0.378 e. The normalized spacial score (nSPS) is 9.06. The first-order valence-electron chi connectivity index (χ1n) is 4.89. The molecule has 16 heavy (non-hydrogen) atoms. The first kappa shape index (κ1) is 11.9. The standard InChI is InChI=1S/C12H15N3O/c1-4-9-13-12(16)14-10-5-7-11(8-6-10)15(2)3/h1,5-8H,9H2,2-3H3,(H2,13,14,16). The Morgan fingerprint density at radius 2 is 2.00 bits per heavy atom. The minimum Gasteiger partial charge on any atom is -0.378 e. The predicted octanol–water partition coefficient (Wildman–Crippen LogP) is 1.51. The highest BCUT2D eigenvalue weighted by Crippen LogP contribution is 2.15. The second kappa shape index (κ2) is 5.66. The van der Waals surface area contributed by atoms with Crippen LogP contribution >= 0.6 is 0 Å². The lowest BCUT2D eigenvalue weighted by atomic mass is 10.2. The highest BCUT2D eigenvalue weighted by atomic mass is 16.2. The van der Waals surface area contributed by atoms with E-state index >= 15 is 0 Å². The van der Waals surface area contributed by atoms with E-state index in [1.165, 1.54) is 0 Å². The zero-order valence-corrected chi connectivity index (χ0v) is 9.45. The Balaban J connectivity index is 2.55. The third-order valence-corrected chi connectivity index (χ3v) is 1.99. The highest BCUT2D eigenvalue weighted by Gasteiger charge is 2.00. The maximum absolute atomic E-state index is 11.3. The molecule has 0 bridgehead atoms. The molecule has 1 aromatic rings. The summed E-state index contributed by atoms with van der Waals surface area (Å²) in [4.78, 5) is 13.3. The number of rotatable bonds is 3. The van der Waals surface area contributed by atoms with Crippen LogP contribution in [0.1, 0.15) is 0 Å². The molecule has 0 aliphatic carbocycles. The fraction of sp³-hybridized carbons (Fsp3) is 0.250. The highest BCUT2D eigenvalue weighted by molar-refractivity contribution is 5.89.